The van der Waals surface area contributed by atoms with Crippen molar-refractivity contribution in [3.05, 3.63) is 63.3 Å². The van der Waals surface area contributed by atoms with Gasteiger partial charge >= 0.3 is 0 Å². The zero-order valence-corrected chi connectivity index (χ0v) is 16.9. The van der Waals surface area contributed by atoms with Gasteiger partial charge in [0.15, 0.2) is 5.82 Å². The van der Waals surface area contributed by atoms with Crippen molar-refractivity contribution in [2.75, 3.05) is 5.32 Å². The molecule has 3 aromatic rings. The lowest BCUT2D eigenvalue weighted by atomic mass is 10.1. The van der Waals surface area contributed by atoms with Crippen molar-refractivity contribution in [1.82, 2.24) is 14.8 Å². The van der Waals surface area contributed by atoms with E-state index in [2.05, 4.69) is 36.0 Å². The first-order valence-corrected chi connectivity index (χ1v) is 10.1. The molecule has 27 heavy (non-hydrogen) atoms. The van der Waals surface area contributed by atoms with E-state index in [1.54, 1.807) is 24.3 Å². The summed E-state index contributed by atoms with van der Waals surface area (Å²) in [5, 5.41) is 12.2. The van der Waals surface area contributed by atoms with Gasteiger partial charge in [-0.2, -0.15) is 0 Å². The average Bonchev–Trinajstić information content (AvgIpc) is 2.91. The summed E-state index contributed by atoms with van der Waals surface area (Å²) in [6.45, 7) is 0.892. The van der Waals surface area contributed by atoms with Crippen molar-refractivity contribution in [3.63, 3.8) is 0 Å². The van der Waals surface area contributed by atoms with Gasteiger partial charge in [-0.1, -0.05) is 34.0 Å². The molecule has 138 valence electrons. The van der Waals surface area contributed by atoms with Crippen molar-refractivity contribution in [2.45, 2.75) is 32.2 Å². The van der Waals surface area contributed by atoms with Gasteiger partial charge in [0.1, 0.15) is 5.82 Å². The van der Waals surface area contributed by atoms with Crippen molar-refractivity contribution >= 4 is 39.1 Å². The first kappa shape index (κ1) is 18.2. The Bertz CT molecular complexity index is 984. The highest BCUT2D eigenvalue weighted by atomic mass is 79.9. The van der Waals surface area contributed by atoms with Gasteiger partial charge in [-0.3, -0.25) is 4.79 Å². The minimum absolute atomic E-state index is 0.171. The van der Waals surface area contributed by atoms with Crippen molar-refractivity contribution < 1.29 is 4.79 Å². The monoisotopic (exact) mass is 444 g/mol. The highest BCUT2D eigenvalue weighted by molar-refractivity contribution is 9.10. The number of nitrogens with one attached hydrogen (secondary N) is 1. The summed E-state index contributed by atoms with van der Waals surface area (Å²) >= 11 is 9.82. The van der Waals surface area contributed by atoms with Crippen LogP contribution in [0.25, 0.3) is 11.4 Å². The Kier molecular flexibility index (Phi) is 5.27. The number of amides is 1. The standard InChI is InChI=1S/C20H18BrClN4O/c21-14-7-5-13(6-8-14)20(27)23-15-9-10-17(22)16(12-15)19-25-24-18-4-2-1-3-11-26(18)19/h5-10,12H,1-4,11H2,(H,23,27). The summed E-state index contributed by atoms with van der Waals surface area (Å²) in [5.41, 5.74) is 2.05. The van der Waals surface area contributed by atoms with E-state index in [4.69, 9.17) is 11.6 Å². The van der Waals surface area contributed by atoms with Gasteiger partial charge < -0.3 is 9.88 Å². The van der Waals surface area contributed by atoms with Crippen LogP contribution in [0.5, 0.6) is 0 Å². The Morgan fingerprint density at radius 3 is 2.70 bits per heavy atom. The van der Waals surface area contributed by atoms with Crippen LogP contribution in [0.4, 0.5) is 5.69 Å². The molecule has 0 saturated carbocycles. The van der Waals surface area contributed by atoms with E-state index in [-0.39, 0.29) is 5.91 Å². The normalized spacial score (nSPS) is 13.7. The molecule has 1 aliphatic rings. The fraction of sp³-hybridized carbons (Fsp3) is 0.250. The first-order valence-electron chi connectivity index (χ1n) is 8.91. The molecule has 1 amide bonds. The van der Waals surface area contributed by atoms with Gasteiger partial charge in [-0.05, 0) is 55.3 Å². The number of aryl methyl sites for hydroxylation is 1. The Hall–Kier alpha value is -2.18. The molecule has 1 N–H and O–H groups in total. The molecule has 0 atom stereocenters. The lowest BCUT2D eigenvalue weighted by Crippen LogP contribution is -2.12. The number of aromatic nitrogens is 3. The Morgan fingerprint density at radius 2 is 1.89 bits per heavy atom. The molecule has 7 heteroatoms. The van der Waals surface area contributed by atoms with E-state index < -0.39 is 0 Å². The number of rotatable bonds is 3. The quantitative estimate of drug-likeness (QED) is 0.592. The second kappa shape index (κ2) is 7.82. The van der Waals surface area contributed by atoms with E-state index in [0.29, 0.717) is 16.3 Å². The number of fused-ring (bicyclic) bond motifs is 1. The van der Waals surface area contributed by atoms with Crippen molar-refractivity contribution in [3.8, 4) is 11.4 Å². The van der Waals surface area contributed by atoms with Crippen molar-refractivity contribution in [1.29, 1.82) is 0 Å². The minimum atomic E-state index is -0.171. The summed E-state index contributed by atoms with van der Waals surface area (Å²) in [5.74, 6) is 1.59. The smallest absolute Gasteiger partial charge is 0.255 e. The zero-order chi connectivity index (χ0) is 18.8. The first-order chi connectivity index (χ1) is 13.1. The SMILES string of the molecule is O=C(Nc1ccc(Cl)c(-c2nnc3n2CCCCC3)c1)c1ccc(Br)cc1. The molecule has 1 aromatic heterocycles. The molecule has 0 spiro atoms. The molecule has 0 fully saturated rings. The molecule has 1 aliphatic heterocycles. The van der Waals surface area contributed by atoms with E-state index in [0.717, 1.165) is 47.5 Å². The molecule has 0 bridgehead atoms. The highest BCUT2D eigenvalue weighted by Crippen LogP contribution is 2.31. The number of benzene rings is 2. The summed E-state index contributed by atoms with van der Waals surface area (Å²) < 4.78 is 3.08. The molecule has 0 unspecified atom stereocenters. The maximum Gasteiger partial charge on any atom is 0.255 e. The number of anilines is 1. The molecule has 4 rings (SSSR count). The lowest BCUT2D eigenvalue weighted by molar-refractivity contribution is 0.102. The van der Waals surface area contributed by atoms with Gasteiger partial charge in [0, 0.05) is 34.3 Å². The summed E-state index contributed by atoms with van der Waals surface area (Å²) in [7, 11) is 0. The Balaban J connectivity index is 1.63. The van der Waals surface area contributed by atoms with Gasteiger partial charge in [-0.25, -0.2) is 0 Å². The van der Waals surface area contributed by atoms with Crippen molar-refractivity contribution in [2.24, 2.45) is 0 Å². The number of carbonyl (C=O) groups is 1. The third-order valence-electron chi connectivity index (χ3n) is 4.68. The predicted molar refractivity (Wildman–Crippen MR) is 110 cm³/mol. The van der Waals surface area contributed by atoms with E-state index >= 15 is 0 Å². The fourth-order valence-electron chi connectivity index (χ4n) is 3.26. The third-order valence-corrected chi connectivity index (χ3v) is 5.54. The average molecular weight is 446 g/mol. The lowest BCUT2D eigenvalue weighted by Gasteiger charge is -2.11. The topological polar surface area (TPSA) is 59.8 Å². The molecular weight excluding hydrogens is 428 g/mol. The Morgan fingerprint density at radius 1 is 1.07 bits per heavy atom. The van der Waals surface area contributed by atoms with Crippen LogP contribution >= 0.6 is 27.5 Å². The van der Waals surface area contributed by atoms with E-state index in [9.17, 15) is 4.79 Å². The summed E-state index contributed by atoms with van der Waals surface area (Å²) in [4.78, 5) is 12.5. The van der Waals surface area contributed by atoms with Gasteiger partial charge in [-0.15, -0.1) is 10.2 Å². The van der Waals surface area contributed by atoms with E-state index in [1.807, 2.05) is 18.2 Å². The van der Waals surface area contributed by atoms with Crippen LogP contribution in [-0.2, 0) is 13.0 Å². The largest absolute Gasteiger partial charge is 0.322 e. The second-order valence-corrected chi connectivity index (χ2v) is 7.88. The zero-order valence-electron chi connectivity index (χ0n) is 14.6. The molecule has 0 saturated heterocycles. The number of carbonyl (C=O) groups excluding carboxylic acids is 1. The van der Waals surface area contributed by atoms with Gasteiger partial charge in [0.2, 0.25) is 0 Å². The number of hydrogen-bond donors (Lipinski definition) is 1. The van der Waals surface area contributed by atoms with Crippen LogP contribution in [0.1, 0.15) is 35.4 Å². The second-order valence-electron chi connectivity index (χ2n) is 6.56. The molecule has 2 aromatic carbocycles. The summed E-state index contributed by atoms with van der Waals surface area (Å²) in [6.07, 6.45) is 4.37. The van der Waals surface area contributed by atoms with Crippen LogP contribution in [0.3, 0.4) is 0 Å². The number of nitrogens with zero attached hydrogens (tertiary/aromatic N) is 3. The predicted octanol–water partition coefficient (Wildman–Crippen LogP) is 5.34. The van der Waals surface area contributed by atoms with Gasteiger partial charge in [0.05, 0.1) is 5.02 Å². The van der Waals surface area contributed by atoms with Crippen LogP contribution < -0.4 is 5.32 Å². The summed E-state index contributed by atoms with van der Waals surface area (Å²) in [6, 6.07) is 12.7. The maximum atomic E-state index is 12.5. The third kappa shape index (κ3) is 3.92. The number of hydrogen-bond acceptors (Lipinski definition) is 3. The molecule has 5 nitrogen and oxygen atoms in total. The van der Waals surface area contributed by atoms with E-state index in [1.165, 1.54) is 6.42 Å². The maximum absolute atomic E-state index is 12.5. The molecule has 0 radical (unpaired) electrons. The highest BCUT2D eigenvalue weighted by Gasteiger charge is 2.18. The van der Waals surface area contributed by atoms with Crippen LogP contribution in [0, 0.1) is 0 Å². The minimum Gasteiger partial charge on any atom is -0.322 e. The number of halogens is 2. The van der Waals surface area contributed by atoms with Crippen LogP contribution in [0.15, 0.2) is 46.9 Å². The fourth-order valence-corrected chi connectivity index (χ4v) is 3.73. The van der Waals surface area contributed by atoms with Crippen LogP contribution in [-0.4, -0.2) is 20.7 Å². The van der Waals surface area contributed by atoms with Crippen LogP contribution in [0.2, 0.25) is 5.02 Å². The Labute approximate surface area is 170 Å². The molecule has 2 heterocycles. The molecule has 0 aliphatic carbocycles. The van der Waals surface area contributed by atoms with Gasteiger partial charge in [0.25, 0.3) is 5.91 Å². The molecular formula is C20H18BrClN4O.